The van der Waals surface area contributed by atoms with Crippen LogP contribution >= 0.6 is 39.3 Å². The zero-order valence-electron chi connectivity index (χ0n) is 9.38. The van der Waals surface area contributed by atoms with Crippen molar-refractivity contribution in [1.29, 1.82) is 0 Å². The van der Waals surface area contributed by atoms with E-state index in [-0.39, 0.29) is 6.04 Å². The summed E-state index contributed by atoms with van der Waals surface area (Å²) >= 11 is 11.4. The summed E-state index contributed by atoms with van der Waals surface area (Å²) in [6.07, 6.45) is 2.05. The topological polar surface area (TPSA) is 26.0 Å². The van der Waals surface area contributed by atoms with E-state index in [0.717, 1.165) is 27.2 Å². The Morgan fingerprint density at radius 3 is 2.88 bits per heavy atom. The second-order valence-electron chi connectivity index (χ2n) is 3.77. The first-order valence-electron chi connectivity index (χ1n) is 5.40. The lowest BCUT2D eigenvalue weighted by Gasteiger charge is -2.12. The molecule has 0 amide bonds. The van der Waals surface area contributed by atoms with Crippen LogP contribution in [0, 0.1) is 0 Å². The lowest BCUT2D eigenvalue weighted by Crippen LogP contribution is -2.25. The zero-order valence-corrected chi connectivity index (χ0v) is 12.5. The molecule has 1 aromatic rings. The van der Waals surface area contributed by atoms with Gasteiger partial charge in [-0.1, -0.05) is 40.5 Å². The number of halogens is 2. The van der Waals surface area contributed by atoms with Crippen LogP contribution in [-0.2, 0) is 6.42 Å². The molecular weight excluding hydrogens is 306 g/mol. The summed E-state index contributed by atoms with van der Waals surface area (Å²) in [4.78, 5) is 0. The fourth-order valence-corrected chi connectivity index (χ4v) is 3.03. The minimum Gasteiger partial charge on any atom is -0.327 e. The van der Waals surface area contributed by atoms with Crippen molar-refractivity contribution in [3.63, 3.8) is 0 Å². The van der Waals surface area contributed by atoms with Gasteiger partial charge in [0, 0.05) is 21.3 Å². The molecule has 0 spiro atoms. The van der Waals surface area contributed by atoms with Gasteiger partial charge in [-0.05, 0) is 36.3 Å². The van der Waals surface area contributed by atoms with Gasteiger partial charge in [0.05, 0.1) is 0 Å². The van der Waals surface area contributed by atoms with E-state index in [9.17, 15) is 0 Å². The van der Waals surface area contributed by atoms with Crippen LogP contribution in [0.4, 0.5) is 0 Å². The normalized spacial score (nSPS) is 12.8. The van der Waals surface area contributed by atoms with Gasteiger partial charge >= 0.3 is 0 Å². The molecule has 1 nitrogen and oxygen atoms in total. The summed E-state index contributed by atoms with van der Waals surface area (Å²) < 4.78 is 1.01. The third-order valence-corrected chi connectivity index (χ3v) is 4.38. The smallest absolute Gasteiger partial charge is 0.0449 e. The molecule has 0 aliphatic heterocycles. The molecule has 0 radical (unpaired) electrons. The van der Waals surface area contributed by atoms with E-state index in [1.807, 2.05) is 30.0 Å². The molecule has 0 aliphatic rings. The highest BCUT2D eigenvalue weighted by Crippen LogP contribution is 2.22. The first-order chi connectivity index (χ1) is 7.63. The summed E-state index contributed by atoms with van der Waals surface area (Å²) in [6.45, 7) is 2.18. The highest BCUT2D eigenvalue weighted by Gasteiger charge is 2.07. The van der Waals surface area contributed by atoms with E-state index >= 15 is 0 Å². The Balaban J connectivity index is 2.46. The van der Waals surface area contributed by atoms with Gasteiger partial charge in [0.2, 0.25) is 0 Å². The summed E-state index contributed by atoms with van der Waals surface area (Å²) in [6, 6.07) is 6.15. The molecule has 1 atom stereocenters. The van der Waals surface area contributed by atoms with Crippen LogP contribution in [0.15, 0.2) is 22.7 Å². The van der Waals surface area contributed by atoms with Crippen molar-refractivity contribution in [2.75, 3.05) is 11.5 Å². The third-order valence-electron chi connectivity index (χ3n) is 2.18. The quantitative estimate of drug-likeness (QED) is 0.797. The second-order valence-corrected chi connectivity index (χ2v) is 6.25. The number of nitrogens with two attached hydrogens (primary N) is 1. The van der Waals surface area contributed by atoms with Crippen molar-refractivity contribution in [3.05, 3.63) is 33.3 Å². The summed E-state index contributed by atoms with van der Waals surface area (Å²) in [5, 5.41) is 0.797. The third kappa shape index (κ3) is 5.09. The second kappa shape index (κ2) is 7.59. The van der Waals surface area contributed by atoms with Gasteiger partial charge in [-0.2, -0.15) is 11.8 Å². The fourth-order valence-electron chi connectivity index (χ4n) is 1.41. The number of rotatable bonds is 6. The average Bonchev–Trinajstić information content (AvgIpc) is 2.23. The molecule has 16 heavy (non-hydrogen) atoms. The minimum atomic E-state index is 0.190. The van der Waals surface area contributed by atoms with Gasteiger partial charge in [0.1, 0.15) is 0 Å². The molecule has 0 bridgehead atoms. The van der Waals surface area contributed by atoms with Gasteiger partial charge < -0.3 is 5.73 Å². The molecular formula is C12H17BrClNS. The maximum Gasteiger partial charge on any atom is 0.0449 e. The van der Waals surface area contributed by atoms with Crippen LogP contribution < -0.4 is 5.73 Å². The predicted molar refractivity (Wildman–Crippen MR) is 78.4 cm³/mol. The van der Waals surface area contributed by atoms with Gasteiger partial charge in [0.25, 0.3) is 0 Å². The van der Waals surface area contributed by atoms with Crippen molar-refractivity contribution in [3.8, 4) is 0 Å². The highest BCUT2D eigenvalue weighted by molar-refractivity contribution is 9.10. The molecule has 4 heteroatoms. The van der Waals surface area contributed by atoms with Crippen LogP contribution in [0.1, 0.15) is 18.9 Å². The van der Waals surface area contributed by atoms with E-state index in [2.05, 4.69) is 22.9 Å². The number of benzene rings is 1. The zero-order chi connectivity index (χ0) is 12.0. The fraction of sp³-hybridized carbons (Fsp3) is 0.500. The van der Waals surface area contributed by atoms with Crippen LogP contribution in [0.3, 0.4) is 0 Å². The molecule has 0 fully saturated rings. The molecule has 0 aliphatic carbocycles. The van der Waals surface area contributed by atoms with Crippen LogP contribution in [0.5, 0.6) is 0 Å². The maximum atomic E-state index is 6.14. The van der Waals surface area contributed by atoms with Crippen LogP contribution in [0.25, 0.3) is 0 Å². The predicted octanol–water partition coefficient (Wildman–Crippen LogP) is 4.12. The van der Waals surface area contributed by atoms with Crippen molar-refractivity contribution in [2.45, 2.75) is 25.8 Å². The van der Waals surface area contributed by atoms with Crippen molar-refractivity contribution < 1.29 is 0 Å². The Kier molecular flexibility index (Phi) is 6.81. The molecule has 1 aromatic carbocycles. The Bertz CT molecular complexity index is 333. The standard InChI is InChI=1S/C12H17BrClNS/c1-2-5-16-8-11(15)6-9-3-4-10(13)7-12(9)14/h3-4,7,11H,2,5-6,8,15H2,1H3. The molecule has 0 heterocycles. The van der Waals surface area contributed by atoms with Gasteiger partial charge in [0.15, 0.2) is 0 Å². The molecule has 1 unspecified atom stereocenters. The first kappa shape index (κ1) is 14.4. The van der Waals surface area contributed by atoms with Crippen molar-refractivity contribution in [1.82, 2.24) is 0 Å². The molecule has 90 valence electrons. The first-order valence-corrected chi connectivity index (χ1v) is 7.73. The van der Waals surface area contributed by atoms with E-state index in [4.69, 9.17) is 17.3 Å². The molecule has 2 N–H and O–H groups in total. The number of hydrogen-bond acceptors (Lipinski definition) is 2. The average molecular weight is 323 g/mol. The molecule has 1 rings (SSSR count). The van der Waals surface area contributed by atoms with E-state index < -0.39 is 0 Å². The van der Waals surface area contributed by atoms with Crippen molar-refractivity contribution >= 4 is 39.3 Å². The van der Waals surface area contributed by atoms with Crippen LogP contribution in [0.2, 0.25) is 5.02 Å². The van der Waals surface area contributed by atoms with Crippen LogP contribution in [-0.4, -0.2) is 17.5 Å². The largest absolute Gasteiger partial charge is 0.327 e. The number of thioether (sulfide) groups is 1. The van der Waals surface area contributed by atoms with Gasteiger partial charge in [-0.15, -0.1) is 0 Å². The van der Waals surface area contributed by atoms with Gasteiger partial charge in [-0.25, -0.2) is 0 Å². The lowest BCUT2D eigenvalue weighted by molar-refractivity contribution is 0.748. The SMILES string of the molecule is CCCSCC(N)Cc1ccc(Br)cc1Cl. The molecule has 0 saturated carbocycles. The van der Waals surface area contributed by atoms with Crippen molar-refractivity contribution in [2.24, 2.45) is 5.73 Å². The molecule has 0 aromatic heterocycles. The van der Waals surface area contributed by atoms with E-state index in [1.54, 1.807) is 0 Å². The van der Waals surface area contributed by atoms with Gasteiger partial charge in [-0.3, -0.25) is 0 Å². The monoisotopic (exact) mass is 321 g/mol. The minimum absolute atomic E-state index is 0.190. The Labute approximate surface area is 115 Å². The summed E-state index contributed by atoms with van der Waals surface area (Å²) in [5.41, 5.74) is 7.20. The lowest BCUT2D eigenvalue weighted by atomic mass is 10.1. The Morgan fingerprint density at radius 1 is 1.50 bits per heavy atom. The number of hydrogen-bond donors (Lipinski definition) is 1. The maximum absolute atomic E-state index is 6.14. The Morgan fingerprint density at radius 2 is 2.25 bits per heavy atom. The summed E-state index contributed by atoms with van der Waals surface area (Å²) in [5.74, 6) is 2.18. The highest BCUT2D eigenvalue weighted by atomic mass is 79.9. The summed E-state index contributed by atoms with van der Waals surface area (Å²) in [7, 11) is 0. The van der Waals surface area contributed by atoms with E-state index in [1.165, 1.54) is 12.2 Å². The molecule has 0 saturated heterocycles. The Hall–Kier alpha value is 0.300. The van der Waals surface area contributed by atoms with E-state index in [0.29, 0.717) is 0 Å².